The first-order valence-electron chi connectivity index (χ1n) is 12.8. The monoisotopic (exact) mass is 510 g/mol. The Balaban J connectivity index is 1.18. The average molecular weight is 510 g/mol. The van der Waals surface area contributed by atoms with Gasteiger partial charge in [-0.25, -0.2) is 0 Å². The quantitative estimate of drug-likeness (QED) is 0.399. The molecule has 2 amide bonds. The van der Waals surface area contributed by atoms with E-state index in [-0.39, 0.29) is 19.5 Å². The van der Waals surface area contributed by atoms with Crippen LogP contribution in [0.5, 0.6) is 11.5 Å². The molecule has 2 aliphatic heterocycles. The molecule has 2 saturated heterocycles. The maximum absolute atomic E-state index is 12.5. The third-order valence-electron chi connectivity index (χ3n) is 6.28. The first-order chi connectivity index (χ1) is 18.2. The van der Waals surface area contributed by atoms with Gasteiger partial charge in [-0.1, -0.05) is 12.1 Å². The van der Waals surface area contributed by atoms with E-state index in [1.807, 2.05) is 0 Å². The van der Waals surface area contributed by atoms with Gasteiger partial charge in [-0.3, -0.25) is 19.4 Å². The van der Waals surface area contributed by atoms with E-state index in [1.54, 1.807) is 48.5 Å². The van der Waals surface area contributed by atoms with Crippen LogP contribution < -0.4 is 19.9 Å². The second kappa shape index (κ2) is 14.6. The number of amides is 2. The molecule has 2 N–H and O–H groups in total. The van der Waals surface area contributed by atoms with Gasteiger partial charge < -0.3 is 29.4 Å². The molecular formula is C26H35BN4O6. The highest BCUT2D eigenvalue weighted by Gasteiger charge is 2.13. The molecule has 2 heterocycles. The van der Waals surface area contributed by atoms with Crippen molar-refractivity contribution in [3.05, 3.63) is 59.7 Å². The maximum atomic E-state index is 12.5. The van der Waals surface area contributed by atoms with Crippen molar-refractivity contribution >= 4 is 19.5 Å². The zero-order chi connectivity index (χ0) is 25.7. The predicted molar refractivity (Wildman–Crippen MR) is 140 cm³/mol. The normalized spacial score (nSPS) is 16.5. The van der Waals surface area contributed by atoms with Crippen LogP contribution in [0.1, 0.15) is 20.7 Å². The molecule has 2 fully saturated rings. The summed E-state index contributed by atoms with van der Waals surface area (Å²) in [5, 5.41) is 5.90. The van der Waals surface area contributed by atoms with Crippen LogP contribution in [-0.4, -0.2) is 108 Å². The van der Waals surface area contributed by atoms with E-state index in [1.165, 1.54) is 0 Å². The number of hydrogen-bond acceptors (Lipinski definition) is 8. The Morgan fingerprint density at radius 1 is 0.730 bits per heavy atom. The molecule has 11 heteroatoms. The van der Waals surface area contributed by atoms with Crippen LogP contribution in [-0.2, 0) is 9.47 Å². The van der Waals surface area contributed by atoms with Crippen molar-refractivity contribution in [1.29, 1.82) is 0 Å². The van der Waals surface area contributed by atoms with Gasteiger partial charge in [0.1, 0.15) is 11.5 Å². The highest BCUT2D eigenvalue weighted by Crippen LogP contribution is 2.16. The third-order valence-corrected chi connectivity index (χ3v) is 6.28. The number of carbonyl (C=O) groups excluding carboxylic acids is 2. The molecule has 2 aromatic carbocycles. The molecule has 0 aliphatic carbocycles. The van der Waals surface area contributed by atoms with E-state index in [0.29, 0.717) is 35.7 Å². The Kier molecular flexibility index (Phi) is 10.6. The van der Waals surface area contributed by atoms with Gasteiger partial charge in [0, 0.05) is 63.5 Å². The van der Waals surface area contributed by atoms with E-state index in [4.69, 9.17) is 18.8 Å². The van der Waals surface area contributed by atoms with Gasteiger partial charge in [-0.2, -0.15) is 0 Å². The van der Waals surface area contributed by atoms with Crippen molar-refractivity contribution in [2.45, 2.75) is 0 Å². The molecule has 0 saturated carbocycles. The van der Waals surface area contributed by atoms with Crippen LogP contribution in [0, 0.1) is 0 Å². The average Bonchev–Trinajstić information content (AvgIpc) is 2.94. The molecule has 198 valence electrons. The molecule has 0 unspecified atom stereocenters. The van der Waals surface area contributed by atoms with Gasteiger partial charge in [0.05, 0.1) is 26.4 Å². The standard InChI is InChI=1S/C26H35BN4O6/c32-25(28-7-9-30-11-15-34-16-12-30)21-3-1-5-23(19-21)36-27-37-24-6-2-4-22(20-24)26(33)29-8-10-31-13-17-35-18-14-31/h1-6,19-20,27H,7-18H2,(H,28,32)(H,29,33). The summed E-state index contributed by atoms with van der Waals surface area (Å²) in [5.74, 6) is 0.759. The molecule has 0 spiro atoms. The summed E-state index contributed by atoms with van der Waals surface area (Å²) in [6.45, 7) is 9.25. The summed E-state index contributed by atoms with van der Waals surface area (Å²) < 4.78 is 22.1. The number of morpholine rings is 2. The van der Waals surface area contributed by atoms with E-state index in [2.05, 4.69) is 20.4 Å². The van der Waals surface area contributed by atoms with Crippen LogP contribution >= 0.6 is 0 Å². The van der Waals surface area contributed by atoms with Gasteiger partial charge in [-0.05, 0) is 36.4 Å². The van der Waals surface area contributed by atoms with Gasteiger partial charge in [0.25, 0.3) is 11.8 Å². The summed E-state index contributed by atoms with van der Waals surface area (Å²) in [5.41, 5.74) is 1.05. The largest absolute Gasteiger partial charge is 0.576 e. The van der Waals surface area contributed by atoms with Gasteiger partial charge in [0.2, 0.25) is 0 Å². The van der Waals surface area contributed by atoms with Crippen molar-refractivity contribution in [2.75, 3.05) is 78.8 Å². The van der Waals surface area contributed by atoms with Crippen LogP contribution in [0.2, 0.25) is 0 Å². The molecule has 0 atom stereocenters. The van der Waals surface area contributed by atoms with Crippen LogP contribution in [0.25, 0.3) is 0 Å². The summed E-state index contributed by atoms with van der Waals surface area (Å²) in [4.78, 5) is 29.6. The first kappa shape index (κ1) is 26.9. The lowest BCUT2D eigenvalue weighted by Crippen LogP contribution is -2.41. The minimum atomic E-state index is -0.146. The molecule has 0 radical (unpaired) electrons. The van der Waals surface area contributed by atoms with Crippen LogP contribution in [0.4, 0.5) is 0 Å². The minimum absolute atomic E-state index is 0.0514. The van der Waals surface area contributed by atoms with E-state index in [0.717, 1.165) is 65.7 Å². The van der Waals surface area contributed by atoms with Crippen LogP contribution in [0.15, 0.2) is 48.5 Å². The minimum Gasteiger partial charge on any atom is -0.529 e. The summed E-state index contributed by atoms with van der Waals surface area (Å²) in [6.07, 6.45) is 0. The van der Waals surface area contributed by atoms with Crippen molar-refractivity contribution in [3.8, 4) is 11.5 Å². The van der Waals surface area contributed by atoms with Gasteiger partial charge in [-0.15, -0.1) is 0 Å². The summed E-state index contributed by atoms with van der Waals surface area (Å²) in [6, 6.07) is 14.0. The Hall–Kier alpha value is -3.12. The first-order valence-corrected chi connectivity index (χ1v) is 12.8. The SMILES string of the molecule is O=C(NCCN1CCOCC1)c1cccc(OBOc2cccc(C(=O)NCCN3CCOCC3)c2)c1. The van der Waals surface area contributed by atoms with E-state index >= 15 is 0 Å². The zero-order valence-electron chi connectivity index (χ0n) is 21.2. The lowest BCUT2D eigenvalue weighted by molar-refractivity contribution is 0.0382. The van der Waals surface area contributed by atoms with Crippen molar-refractivity contribution in [1.82, 2.24) is 20.4 Å². The Morgan fingerprint density at radius 3 is 1.59 bits per heavy atom. The number of nitrogens with zero attached hydrogens (tertiary/aromatic N) is 2. The lowest BCUT2D eigenvalue weighted by Gasteiger charge is -2.26. The van der Waals surface area contributed by atoms with Crippen LogP contribution in [0.3, 0.4) is 0 Å². The fourth-order valence-electron chi connectivity index (χ4n) is 4.13. The van der Waals surface area contributed by atoms with Crippen molar-refractivity contribution in [3.63, 3.8) is 0 Å². The second-order valence-corrected chi connectivity index (χ2v) is 8.88. The number of ether oxygens (including phenoxy) is 2. The predicted octanol–water partition coefficient (Wildman–Crippen LogP) is 0.535. The van der Waals surface area contributed by atoms with E-state index < -0.39 is 0 Å². The van der Waals surface area contributed by atoms with Crippen molar-refractivity contribution in [2.24, 2.45) is 0 Å². The highest BCUT2D eigenvalue weighted by molar-refractivity contribution is 6.20. The summed E-state index contributed by atoms with van der Waals surface area (Å²) >= 11 is 0. The van der Waals surface area contributed by atoms with E-state index in [9.17, 15) is 9.59 Å². The lowest BCUT2D eigenvalue weighted by atomic mass is 10.2. The fourth-order valence-corrected chi connectivity index (χ4v) is 4.13. The third kappa shape index (κ3) is 9.05. The topological polar surface area (TPSA) is 102 Å². The Labute approximate surface area is 218 Å². The van der Waals surface area contributed by atoms with Gasteiger partial charge >= 0.3 is 7.69 Å². The van der Waals surface area contributed by atoms with Gasteiger partial charge in [0.15, 0.2) is 0 Å². The number of benzene rings is 2. The molecule has 10 nitrogen and oxygen atoms in total. The number of hydrogen-bond donors (Lipinski definition) is 2. The number of rotatable bonds is 12. The Bertz CT molecular complexity index is 935. The molecule has 37 heavy (non-hydrogen) atoms. The smallest absolute Gasteiger partial charge is 0.529 e. The molecule has 0 bridgehead atoms. The highest BCUT2D eigenvalue weighted by atomic mass is 16.6. The molecule has 0 aromatic heterocycles. The Morgan fingerprint density at radius 2 is 1.16 bits per heavy atom. The molecule has 2 aliphatic rings. The molecule has 2 aromatic rings. The zero-order valence-corrected chi connectivity index (χ0v) is 21.2. The maximum Gasteiger partial charge on any atom is 0.576 e. The number of nitrogens with one attached hydrogen (secondary N) is 2. The molecular weight excluding hydrogens is 475 g/mol. The van der Waals surface area contributed by atoms with Crippen molar-refractivity contribution < 1.29 is 28.4 Å². The summed E-state index contributed by atoms with van der Waals surface area (Å²) in [7, 11) is -0.0514. The molecule has 4 rings (SSSR count). The number of carbonyl (C=O) groups is 2. The second-order valence-electron chi connectivity index (χ2n) is 8.88. The fraction of sp³-hybridized carbons (Fsp3) is 0.462.